The second-order valence-corrected chi connectivity index (χ2v) is 10.2. The minimum Gasteiger partial charge on any atom is -0.305 e. The zero-order valence-corrected chi connectivity index (χ0v) is 19.5. The summed E-state index contributed by atoms with van der Waals surface area (Å²) in [6.07, 6.45) is 10.4. The van der Waals surface area contributed by atoms with E-state index in [9.17, 15) is 4.39 Å². The highest BCUT2D eigenvalue weighted by Crippen LogP contribution is 2.33. The van der Waals surface area contributed by atoms with Gasteiger partial charge in [0.25, 0.3) is 0 Å². The van der Waals surface area contributed by atoms with Crippen molar-refractivity contribution >= 4 is 0 Å². The van der Waals surface area contributed by atoms with Crippen LogP contribution in [0.3, 0.4) is 0 Å². The molecule has 1 unspecified atom stereocenters. The Labute approximate surface area is 188 Å². The Morgan fingerprint density at radius 2 is 1.48 bits per heavy atom. The Bertz CT molecular complexity index is 821. The SMILES string of the molecule is CN(C)Cc1ccc2c(c1)CCC(CC1CCN(CCc3ccc(F)cc3)CC1)CC2. The Morgan fingerprint density at radius 3 is 2.19 bits per heavy atom. The van der Waals surface area contributed by atoms with Gasteiger partial charge in [-0.25, -0.2) is 4.39 Å². The molecule has 168 valence electrons. The lowest BCUT2D eigenvalue weighted by atomic mass is 9.83. The highest BCUT2D eigenvalue weighted by molar-refractivity contribution is 5.33. The Morgan fingerprint density at radius 1 is 0.839 bits per heavy atom. The van der Waals surface area contributed by atoms with E-state index < -0.39 is 0 Å². The summed E-state index contributed by atoms with van der Waals surface area (Å²) in [7, 11) is 4.30. The van der Waals surface area contributed by atoms with Crippen LogP contribution in [-0.4, -0.2) is 43.5 Å². The molecule has 0 saturated carbocycles. The van der Waals surface area contributed by atoms with Crippen LogP contribution in [0.2, 0.25) is 0 Å². The van der Waals surface area contributed by atoms with Crippen LogP contribution in [0.1, 0.15) is 54.4 Å². The van der Waals surface area contributed by atoms with Gasteiger partial charge in [-0.1, -0.05) is 30.3 Å². The first-order valence-electron chi connectivity index (χ1n) is 12.3. The van der Waals surface area contributed by atoms with E-state index in [1.54, 1.807) is 23.3 Å². The fraction of sp³-hybridized carbons (Fsp3) is 0.571. The third-order valence-electron chi connectivity index (χ3n) is 7.42. The van der Waals surface area contributed by atoms with Crippen molar-refractivity contribution in [2.75, 3.05) is 33.7 Å². The molecule has 0 radical (unpaired) electrons. The normalized spacial score (nSPS) is 20.6. The average Bonchev–Trinajstić information content (AvgIpc) is 2.96. The van der Waals surface area contributed by atoms with Crippen molar-refractivity contribution in [3.05, 3.63) is 70.5 Å². The molecule has 0 amide bonds. The second-order valence-electron chi connectivity index (χ2n) is 10.2. The molecule has 2 nitrogen and oxygen atoms in total. The van der Waals surface area contributed by atoms with Crippen LogP contribution in [0.15, 0.2) is 42.5 Å². The highest BCUT2D eigenvalue weighted by atomic mass is 19.1. The molecule has 0 aromatic heterocycles. The van der Waals surface area contributed by atoms with Crippen LogP contribution in [0.4, 0.5) is 4.39 Å². The summed E-state index contributed by atoms with van der Waals surface area (Å²) >= 11 is 0. The number of rotatable bonds is 7. The standard InChI is InChI=1S/C28H39FN2/c1-30(2)21-25-5-9-26-8-3-23(4-10-27(26)20-25)19-24-14-17-31(18-15-24)16-13-22-6-11-28(29)12-7-22/h5-7,9,11-12,20,23-24H,3-4,8,10,13-19,21H2,1-2H3. The van der Waals surface area contributed by atoms with E-state index in [0.29, 0.717) is 0 Å². The zero-order chi connectivity index (χ0) is 21.6. The lowest BCUT2D eigenvalue weighted by Crippen LogP contribution is -2.35. The van der Waals surface area contributed by atoms with Gasteiger partial charge >= 0.3 is 0 Å². The summed E-state index contributed by atoms with van der Waals surface area (Å²) in [4.78, 5) is 4.86. The molecule has 1 aliphatic heterocycles. The van der Waals surface area contributed by atoms with Crippen LogP contribution in [0.25, 0.3) is 0 Å². The van der Waals surface area contributed by atoms with Crippen LogP contribution in [0, 0.1) is 17.7 Å². The first kappa shape index (κ1) is 22.5. The van der Waals surface area contributed by atoms with E-state index in [2.05, 4.69) is 42.1 Å². The number of hydrogen-bond donors (Lipinski definition) is 0. The molecule has 1 aliphatic carbocycles. The molecule has 4 rings (SSSR count). The molecular weight excluding hydrogens is 383 g/mol. The van der Waals surface area contributed by atoms with Crippen molar-refractivity contribution in [2.24, 2.45) is 11.8 Å². The summed E-state index contributed by atoms with van der Waals surface area (Å²) < 4.78 is 13.1. The maximum Gasteiger partial charge on any atom is 0.123 e. The lowest BCUT2D eigenvalue weighted by Gasteiger charge is -2.33. The fourth-order valence-electron chi connectivity index (χ4n) is 5.57. The van der Waals surface area contributed by atoms with E-state index >= 15 is 0 Å². The van der Waals surface area contributed by atoms with Crippen molar-refractivity contribution < 1.29 is 4.39 Å². The average molecular weight is 423 g/mol. The summed E-state index contributed by atoms with van der Waals surface area (Å²) in [5.41, 5.74) is 5.91. The molecule has 1 fully saturated rings. The molecular formula is C28H39FN2. The predicted octanol–water partition coefficient (Wildman–Crippen LogP) is 5.73. The number of piperidine rings is 1. The fourth-order valence-corrected chi connectivity index (χ4v) is 5.57. The molecule has 2 aliphatic rings. The van der Waals surface area contributed by atoms with Gasteiger partial charge in [-0.15, -0.1) is 0 Å². The van der Waals surface area contributed by atoms with Crippen molar-refractivity contribution in [3.63, 3.8) is 0 Å². The Balaban J connectivity index is 1.20. The van der Waals surface area contributed by atoms with E-state index in [1.807, 2.05) is 12.1 Å². The summed E-state index contributed by atoms with van der Waals surface area (Å²) in [5.74, 6) is 1.65. The van der Waals surface area contributed by atoms with Crippen LogP contribution in [0.5, 0.6) is 0 Å². The zero-order valence-electron chi connectivity index (χ0n) is 19.5. The van der Waals surface area contributed by atoms with Gasteiger partial charge in [0.1, 0.15) is 5.82 Å². The van der Waals surface area contributed by atoms with Crippen molar-refractivity contribution in [1.82, 2.24) is 9.80 Å². The highest BCUT2D eigenvalue weighted by Gasteiger charge is 2.24. The molecule has 3 heteroatoms. The van der Waals surface area contributed by atoms with Crippen LogP contribution >= 0.6 is 0 Å². The molecule has 1 heterocycles. The first-order chi connectivity index (χ1) is 15.0. The third-order valence-corrected chi connectivity index (χ3v) is 7.42. The molecule has 2 aromatic carbocycles. The molecule has 1 atom stereocenters. The molecule has 2 aromatic rings. The smallest absolute Gasteiger partial charge is 0.123 e. The van der Waals surface area contributed by atoms with E-state index in [4.69, 9.17) is 0 Å². The van der Waals surface area contributed by atoms with Crippen molar-refractivity contribution in [1.29, 1.82) is 0 Å². The largest absolute Gasteiger partial charge is 0.305 e. The minimum absolute atomic E-state index is 0.139. The number of likely N-dealkylation sites (tertiary alicyclic amines) is 1. The van der Waals surface area contributed by atoms with E-state index in [1.165, 1.54) is 69.2 Å². The predicted molar refractivity (Wildman–Crippen MR) is 128 cm³/mol. The van der Waals surface area contributed by atoms with Gasteiger partial charge in [0, 0.05) is 13.1 Å². The number of nitrogens with zero attached hydrogens (tertiary/aromatic N) is 2. The van der Waals surface area contributed by atoms with Crippen LogP contribution < -0.4 is 0 Å². The number of benzene rings is 2. The first-order valence-corrected chi connectivity index (χ1v) is 12.3. The van der Waals surface area contributed by atoms with Gasteiger partial charge in [0.2, 0.25) is 0 Å². The number of fused-ring (bicyclic) bond motifs is 1. The second kappa shape index (κ2) is 10.7. The van der Waals surface area contributed by atoms with E-state index in [0.717, 1.165) is 31.3 Å². The third kappa shape index (κ3) is 6.63. The number of halogens is 1. The summed E-state index contributed by atoms with van der Waals surface area (Å²) in [6.45, 7) is 4.60. The summed E-state index contributed by atoms with van der Waals surface area (Å²) in [6, 6.07) is 14.2. The molecule has 0 N–H and O–H groups in total. The molecule has 0 spiro atoms. The Hall–Kier alpha value is -1.71. The number of aryl methyl sites for hydroxylation is 2. The van der Waals surface area contributed by atoms with Gasteiger partial charge in [0.05, 0.1) is 0 Å². The Kier molecular flexibility index (Phi) is 7.79. The quantitative estimate of drug-likeness (QED) is 0.526. The van der Waals surface area contributed by atoms with Crippen molar-refractivity contribution in [2.45, 2.75) is 57.9 Å². The van der Waals surface area contributed by atoms with Gasteiger partial charge in [-0.2, -0.15) is 0 Å². The van der Waals surface area contributed by atoms with Gasteiger partial charge in [-0.3, -0.25) is 0 Å². The maximum absolute atomic E-state index is 13.1. The van der Waals surface area contributed by atoms with E-state index in [-0.39, 0.29) is 5.82 Å². The minimum atomic E-state index is -0.139. The topological polar surface area (TPSA) is 6.48 Å². The van der Waals surface area contributed by atoms with Crippen LogP contribution in [-0.2, 0) is 25.8 Å². The number of hydrogen-bond acceptors (Lipinski definition) is 2. The van der Waals surface area contributed by atoms with Gasteiger partial charge < -0.3 is 9.80 Å². The lowest BCUT2D eigenvalue weighted by molar-refractivity contribution is 0.165. The molecule has 31 heavy (non-hydrogen) atoms. The molecule has 1 saturated heterocycles. The monoisotopic (exact) mass is 422 g/mol. The van der Waals surface area contributed by atoms with Gasteiger partial charge in [0.15, 0.2) is 0 Å². The maximum atomic E-state index is 13.1. The van der Waals surface area contributed by atoms with Gasteiger partial charge in [-0.05, 0) is 125 Å². The van der Waals surface area contributed by atoms with Crippen molar-refractivity contribution in [3.8, 4) is 0 Å². The summed E-state index contributed by atoms with van der Waals surface area (Å²) in [5, 5.41) is 0. The molecule has 0 bridgehead atoms.